The van der Waals surface area contributed by atoms with E-state index in [2.05, 4.69) is 28.7 Å². The molecule has 4 rings (SSSR count). The molecule has 0 aliphatic carbocycles. The Kier molecular flexibility index (Phi) is 5.59. The van der Waals surface area contributed by atoms with Crippen LogP contribution in [0.5, 0.6) is 0 Å². The van der Waals surface area contributed by atoms with Crippen LogP contribution in [0.25, 0.3) is 21.7 Å². The number of nitrogens with zero attached hydrogens (tertiary/aromatic N) is 4. The van der Waals surface area contributed by atoms with Crippen LogP contribution in [0.4, 0.5) is 4.39 Å². The summed E-state index contributed by atoms with van der Waals surface area (Å²) >= 11 is 2.88. The second-order valence-corrected chi connectivity index (χ2v) is 8.24. The van der Waals surface area contributed by atoms with Gasteiger partial charge in [-0.2, -0.15) is 0 Å². The summed E-state index contributed by atoms with van der Waals surface area (Å²) < 4.78 is 20.3. The monoisotopic (exact) mass is 428 g/mol. The Labute approximate surface area is 174 Å². The smallest absolute Gasteiger partial charge is 0.263 e. The Bertz CT molecular complexity index is 1230. The van der Waals surface area contributed by atoms with E-state index in [0.717, 1.165) is 16.1 Å². The number of thiophene rings is 1. The zero-order valence-electron chi connectivity index (χ0n) is 15.6. The van der Waals surface area contributed by atoms with E-state index in [0.29, 0.717) is 40.2 Å². The van der Waals surface area contributed by atoms with Gasteiger partial charge in [-0.05, 0) is 36.8 Å². The molecule has 0 saturated carbocycles. The lowest BCUT2D eigenvalue weighted by Gasteiger charge is -2.08. The molecule has 0 fully saturated rings. The van der Waals surface area contributed by atoms with Crippen LogP contribution < -0.4 is 5.56 Å². The summed E-state index contributed by atoms with van der Waals surface area (Å²) in [6.07, 6.45) is 2.53. The third-order valence-electron chi connectivity index (χ3n) is 4.21. The minimum Gasteiger partial charge on any atom is -0.420 e. The van der Waals surface area contributed by atoms with Crippen molar-refractivity contribution in [2.75, 3.05) is 0 Å². The first-order valence-corrected chi connectivity index (χ1v) is 10.7. The van der Waals surface area contributed by atoms with Gasteiger partial charge in [-0.15, -0.1) is 28.1 Å². The Morgan fingerprint density at radius 2 is 2.10 bits per heavy atom. The zero-order chi connectivity index (χ0) is 20.4. The van der Waals surface area contributed by atoms with Crippen molar-refractivity contribution in [3.05, 3.63) is 69.9 Å². The molecule has 0 aliphatic heterocycles. The topological polar surface area (TPSA) is 73.8 Å². The molecule has 29 heavy (non-hydrogen) atoms. The Morgan fingerprint density at radius 1 is 1.31 bits per heavy atom. The fourth-order valence-electron chi connectivity index (χ4n) is 2.77. The van der Waals surface area contributed by atoms with Gasteiger partial charge in [-0.25, -0.2) is 9.37 Å². The summed E-state index contributed by atoms with van der Waals surface area (Å²) in [6.45, 7) is 6.16. The first-order valence-electron chi connectivity index (χ1n) is 8.94. The Morgan fingerprint density at radius 3 is 2.83 bits per heavy atom. The fourth-order valence-corrected chi connectivity index (χ4v) is 4.62. The van der Waals surface area contributed by atoms with E-state index in [1.165, 1.54) is 35.2 Å². The molecule has 0 saturated heterocycles. The number of hydrogen-bond donors (Lipinski definition) is 0. The summed E-state index contributed by atoms with van der Waals surface area (Å²) in [5.41, 5.74) is 0.565. The average molecular weight is 429 g/mol. The number of benzene rings is 1. The molecular formula is C20H17FN4O2S2. The van der Waals surface area contributed by atoms with E-state index < -0.39 is 0 Å². The van der Waals surface area contributed by atoms with Crippen molar-refractivity contribution in [3.63, 3.8) is 0 Å². The third kappa shape index (κ3) is 4.01. The highest BCUT2D eigenvalue weighted by Gasteiger charge is 2.15. The van der Waals surface area contributed by atoms with Crippen LogP contribution in [0.1, 0.15) is 17.7 Å². The highest BCUT2D eigenvalue weighted by atomic mass is 32.2. The van der Waals surface area contributed by atoms with E-state index >= 15 is 0 Å². The molecule has 4 aromatic rings. The molecule has 3 aromatic heterocycles. The highest BCUT2D eigenvalue weighted by molar-refractivity contribution is 7.98. The lowest BCUT2D eigenvalue weighted by Crippen LogP contribution is -2.22. The molecular weight excluding hydrogens is 411 g/mol. The van der Waals surface area contributed by atoms with E-state index in [1.807, 2.05) is 6.07 Å². The van der Waals surface area contributed by atoms with E-state index in [9.17, 15) is 9.18 Å². The molecule has 3 heterocycles. The van der Waals surface area contributed by atoms with Gasteiger partial charge in [0.05, 0.1) is 11.1 Å². The number of fused-ring (bicyclic) bond motifs is 1. The third-order valence-corrected chi connectivity index (χ3v) is 6.34. The standard InChI is InChI=1S/C20H17FN4O2S2/c1-3-9-25-19(26)15-10-14(4-2)29-18(15)22-20(25)28-11-16-23-24-17(27-16)12-5-7-13(21)8-6-12/h3,5-8,10H,1,4,9,11H2,2H3. The molecule has 0 atom stereocenters. The second kappa shape index (κ2) is 8.30. The molecule has 9 heteroatoms. The van der Waals surface area contributed by atoms with Crippen LogP contribution in [0.2, 0.25) is 0 Å². The Balaban J connectivity index is 1.60. The number of rotatable bonds is 7. The van der Waals surface area contributed by atoms with Gasteiger partial charge < -0.3 is 4.42 Å². The van der Waals surface area contributed by atoms with Crippen LogP contribution in [0.3, 0.4) is 0 Å². The largest absolute Gasteiger partial charge is 0.420 e. The van der Waals surface area contributed by atoms with Gasteiger partial charge in [0.15, 0.2) is 5.16 Å². The van der Waals surface area contributed by atoms with Crippen molar-refractivity contribution >= 4 is 33.3 Å². The van der Waals surface area contributed by atoms with Gasteiger partial charge in [0.2, 0.25) is 11.8 Å². The van der Waals surface area contributed by atoms with E-state index in [-0.39, 0.29) is 11.4 Å². The van der Waals surface area contributed by atoms with Gasteiger partial charge in [0.25, 0.3) is 5.56 Å². The molecule has 0 aliphatic rings. The van der Waals surface area contributed by atoms with Crippen molar-refractivity contribution in [2.45, 2.75) is 30.8 Å². The van der Waals surface area contributed by atoms with Crippen LogP contribution in [-0.2, 0) is 18.7 Å². The number of aromatic nitrogens is 4. The van der Waals surface area contributed by atoms with Crippen LogP contribution in [0.15, 0.2) is 57.4 Å². The Hall–Kier alpha value is -2.78. The van der Waals surface area contributed by atoms with Crippen molar-refractivity contribution in [3.8, 4) is 11.5 Å². The molecule has 0 amide bonds. The van der Waals surface area contributed by atoms with Gasteiger partial charge in [-0.3, -0.25) is 9.36 Å². The zero-order valence-corrected chi connectivity index (χ0v) is 17.2. The number of aryl methyl sites for hydroxylation is 1. The summed E-state index contributed by atoms with van der Waals surface area (Å²) in [6, 6.07) is 7.76. The SMILES string of the molecule is C=CCn1c(SCc2nnc(-c3ccc(F)cc3)o2)nc2sc(CC)cc2c1=O. The van der Waals surface area contributed by atoms with Crippen LogP contribution in [0, 0.1) is 5.82 Å². The average Bonchev–Trinajstić information content (AvgIpc) is 3.36. The predicted molar refractivity (Wildman–Crippen MR) is 113 cm³/mol. The molecule has 0 bridgehead atoms. The van der Waals surface area contributed by atoms with Gasteiger partial charge in [0.1, 0.15) is 10.6 Å². The van der Waals surface area contributed by atoms with Crippen molar-refractivity contribution in [1.29, 1.82) is 0 Å². The number of halogens is 1. The van der Waals surface area contributed by atoms with Crippen molar-refractivity contribution in [1.82, 2.24) is 19.7 Å². The lowest BCUT2D eigenvalue weighted by atomic mass is 10.2. The summed E-state index contributed by atoms with van der Waals surface area (Å²) in [7, 11) is 0. The molecule has 1 aromatic carbocycles. The number of hydrogen-bond acceptors (Lipinski definition) is 7. The first-order chi connectivity index (χ1) is 14.1. The predicted octanol–water partition coefficient (Wildman–Crippen LogP) is 4.69. The molecule has 0 spiro atoms. The fraction of sp³-hybridized carbons (Fsp3) is 0.200. The molecule has 0 radical (unpaired) electrons. The van der Waals surface area contributed by atoms with Crippen molar-refractivity contribution < 1.29 is 8.81 Å². The quantitative estimate of drug-likeness (QED) is 0.242. The minimum atomic E-state index is -0.328. The number of thioether (sulfide) groups is 1. The normalized spacial score (nSPS) is 11.2. The van der Waals surface area contributed by atoms with Crippen LogP contribution in [-0.4, -0.2) is 19.7 Å². The summed E-state index contributed by atoms with van der Waals surface area (Å²) in [5, 5.41) is 9.27. The van der Waals surface area contributed by atoms with E-state index in [4.69, 9.17) is 4.42 Å². The number of allylic oxidation sites excluding steroid dienone is 1. The maximum absolute atomic E-state index is 13.1. The summed E-state index contributed by atoms with van der Waals surface area (Å²) in [5.74, 6) is 0.744. The molecule has 6 nitrogen and oxygen atoms in total. The molecule has 148 valence electrons. The first kappa shape index (κ1) is 19.5. The van der Waals surface area contributed by atoms with E-state index in [1.54, 1.807) is 22.8 Å². The maximum Gasteiger partial charge on any atom is 0.263 e. The van der Waals surface area contributed by atoms with Gasteiger partial charge in [-0.1, -0.05) is 24.8 Å². The highest BCUT2D eigenvalue weighted by Crippen LogP contribution is 2.27. The second-order valence-electron chi connectivity index (χ2n) is 6.18. The van der Waals surface area contributed by atoms with Gasteiger partial charge >= 0.3 is 0 Å². The summed E-state index contributed by atoms with van der Waals surface area (Å²) in [4.78, 5) is 19.4. The maximum atomic E-state index is 13.1. The molecule has 0 N–H and O–H groups in total. The van der Waals surface area contributed by atoms with Crippen LogP contribution >= 0.6 is 23.1 Å². The van der Waals surface area contributed by atoms with Gasteiger partial charge in [0, 0.05) is 17.0 Å². The lowest BCUT2D eigenvalue weighted by molar-refractivity contribution is 0.527. The molecule has 0 unspecified atom stereocenters. The van der Waals surface area contributed by atoms with Crippen molar-refractivity contribution in [2.24, 2.45) is 0 Å². The minimum absolute atomic E-state index is 0.0779.